The summed E-state index contributed by atoms with van der Waals surface area (Å²) in [6.07, 6.45) is 1.78. The third-order valence-electron chi connectivity index (χ3n) is 2.05. The normalized spacial score (nSPS) is 15.4. The maximum Gasteiger partial charge on any atom is 0.109 e. The van der Waals surface area contributed by atoms with E-state index in [9.17, 15) is 0 Å². The Kier molecular flexibility index (Phi) is 1.50. The summed E-state index contributed by atoms with van der Waals surface area (Å²) in [7, 11) is 1.99. The topological polar surface area (TPSA) is 28.2 Å². The van der Waals surface area contributed by atoms with Crippen LogP contribution in [-0.4, -0.2) is 23.6 Å². The van der Waals surface area contributed by atoms with Gasteiger partial charge in [-0.15, -0.1) is 0 Å². The fourth-order valence-corrected chi connectivity index (χ4v) is 1.26. The average Bonchev–Trinajstić information content (AvgIpc) is 2.12. The maximum absolute atomic E-state index is 4.25. The molecule has 0 aliphatic carbocycles. The van der Waals surface area contributed by atoms with Crippen molar-refractivity contribution in [1.29, 1.82) is 0 Å². The number of anilines is 1. The predicted octanol–water partition coefficient (Wildman–Crippen LogP) is 1.37. The Hall–Kier alpha value is -1.51. The SMILES string of the molecule is C=C1c2ncccc2NCN1C. The molecule has 0 unspecified atom stereocenters. The zero-order chi connectivity index (χ0) is 8.55. The number of nitrogens with zero attached hydrogens (tertiary/aromatic N) is 2. The quantitative estimate of drug-likeness (QED) is 0.622. The first-order valence-electron chi connectivity index (χ1n) is 3.88. The Bertz CT molecular complexity index is 319. The van der Waals surface area contributed by atoms with E-state index in [-0.39, 0.29) is 0 Å². The van der Waals surface area contributed by atoms with Crippen LogP contribution >= 0.6 is 0 Å². The van der Waals surface area contributed by atoms with Gasteiger partial charge in [0.15, 0.2) is 0 Å². The van der Waals surface area contributed by atoms with Crippen LogP contribution in [0.3, 0.4) is 0 Å². The molecule has 1 N–H and O–H groups in total. The number of aromatic nitrogens is 1. The highest BCUT2D eigenvalue weighted by Gasteiger charge is 2.15. The minimum absolute atomic E-state index is 0.803. The smallest absolute Gasteiger partial charge is 0.109 e. The van der Waals surface area contributed by atoms with Gasteiger partial charge in [0.2, 0.25) is 0 Å². The highest BCUT2D eigenvalue weighted by atomic mass is 15.2. The molecule has 2 rings (SSSR count). The Morgan fingerprint density at radius 1 is 1.67 bits per heavy atom. The van der Waals surface area contributed by atoms with E-state index in [2.05, 4.69) is 16.9 Å². The van der Waals surface area contributed by atoms with Gasteiger partial charge in [-0.05, 0) is 12.1 Å². The van der Waals surface area contributed by atoms with Crippen molar-refractivity contribution in [2.45, 2.75) is 0 Å². The summed E-state index contributed by atoms with van der Waals surface area (Å²) < 4.78 is 0. The molecule has 0 fully saturated rings. The Labute approximate surface area is 71.7 Å². The minimum atomic E-state index is 0.803. The van der Waals surface area contributed by atoms with Crippen molar-refractivity contribution in [1.82, 2.24) is 9.88 Å². The standard InChI is InChI=1S/C9H11N3/c1-7-9-8(4-3-5-10-9)11-6-12(7)2/h3-5,11H,1,6H2,2H3. The van der Waals surface area contributed by atoms with E-state index < -0.39 is 0 Å². The molecule has 1 aliphatic rings. The third-order valence-corrected chi connectivity index (χ3v) is 2.05. The molecule has 62 valence electrons. The van der Waals surface area contributed by atoms with E-state index in [0.717, 1.165) is 23.7 Å². The fraction of sp³-hybridized carbons (Fsp3) is 0.222. The molecular weight excluding hydrogens is 150 g/mol. The van der Waals surface area contributed by atoms with Crippen molar-refractivity contribution in [3.8, 4) is 0 Å². The Morgan fingerprint density at radius 2 is 2.50 bits per heavy atom. The summed E-state index contributed by atoms with van der Waals surface area (Å²) in [5.41, 5.74) is 3.00. The van der Waals surface area contributed by atoms with Gasteiger partial charge in [-0.2, -0.15) is 0 Å². The molecule has 2 heterocycles. The highest BCUT2D eigenvalue weighted by Crippen LogP contribution is 2.25. The van der Waals surface area contributed by atoms with Crippen LogP contribution in [0.15, 0.2) is 24.9 Å². The van der Waals surface area contributed by atoms with Crippen LogP contribution < -0.4 is 5.32 Å². The lowest BCUT2D eigenvalue weighted by molar-refractivity contribution is 0.505. The largest absolute Gasteiger partial charge is 0.366 e. The van der Waals surface area contributed by atoms with Crippen molar-refractivity contribution in [2.24, 2.45) is 0 Å². The van der Waals surface area contributed by atoms with Gasteiger partial charge in [0, 0.05) is 13.2 Å². The molecule has 0 amide bonds. The summed E-state index contributed by atoms with van der Waals surface area (Å²) in [5, 5.41) is 3.25. The fourth-order valence-electron chi connectivity index (χ4n) is 1.26. The number of pyridine rings is 1. The molecule has 1 aromatic rings. The first kappa shape index (κ1) is 7.16. The van der Waals surface area contributed by atoms with Crippen LogP contribution in [0.5, 0.6) is 0 Å². The summed E-state index contributed by atoms with van der Waals surface area (Å²) in [6, 6.07) is 3.94. The van der Waals surface area contributed by atoms with E-state index in [1.807, 2.05) is 24.1 Å². The van der Waals surface area contributed by atoms with Crippen molar-refractivity contribution in [3.63, 3.8) is 0 Å². The number of fused-ring (bicyclic) bond motifs is 1. The second-order valence-electron chi connectivity index (χ2n) is 2.88. The number of hydrogen-bond donors (Lipinski definition) is 1. The maximum atomic E-state index is 4.25. The van der Waals surface area contributed by atoms with Crippen LogP contribution in [0.25, 0.3) is 5.70 Å². The van der Waals surface area contributed by atoms with Gasteiger partial charge in [0.1, 0.15) is 5.69 Å². The van der Waals surface area contributed by atoms with Gasteiger partial charge in [-0.25, -0.2) is 0 Å². The minimum Gasteiger partial charge on any atom is -0.366 e. The van der Waals surface area contributed by atoms with E-state index in [1.165, 1.54) is 0 Å². The van der Waals surface area contributed by atoms with Crippen molar-refractivity contribution >= 4 is 11.4 Å². The first-order valence-corrected chi connectivity index (χ1v) is 3.88. The molecule has 0 radical (unpaired) electrons. The summed E-state index contributed by atoms with van der Waals surface area (Å²) >= 11 is 0. The van der Waals surface area contributed by atoms with Crippen LogP contribution in [0.2, 0.25) is 0 Å². The summed E-state index contributed by atoms with van der Waals surface area (Å²) in [6.45, 7) is 4.76. The zero-order valence-electron chi connectivity index (χ0n) is 7.04. The number of rotatable bonds is 0. The van der Waals surface area contributed by atoms with E-state index in [4.69, 9.17) is 0 Å². The lowest BCUT2D eigenvalue weighted by Crippen LogP contribution is -2.29. The molecule has 0 saturated heterocycles. The number of nitrogens with one attached hydrogen (secondary N) is 1. The molecule has 0 aromatic carbocycles. The Morgan fingerprint density at radius 3 is 3.33 bits per heavy atom. The van der Waals surface area contributed by atoms with Gasteiger partial charge in [-0.3, -0.25) is 4.98 Å². The highest BCUT2D eigenvalue weighted by molar-refractivity contribution is 5.73. The summed E-state index contributed by atoms with van der Waals surface area (Å²) in [4.78, 5) is 6.28. The zero-order valence-corrected chi connectivity index (χ0v) is 7.04. The molecule has 1 aliphatic heterocycles. The number of hydrogen-bond acceptors (Lipinski definition) is 3. The van der Waals surface area contributed by atoms with Crippen LogP contribution in [0.1, 0.15) is 5.69 Å². The molecular formula is C9H11N3. The van der Waals surface area contributed by atoms with Crippen LogP contribution in [0, 0.1) is 0 Å². The lowest BCUT2D eigenvalue weighted by Gasteiger charge is -2.28. The van der Waals surface area contributed by atoms with Gasteiger partial charge in [-0.1, -0.05) is 6.58 Å². The second kappa shape index (κ2) is 2.52. The van der Waals surface area contributed by atoms with Crippen LogP contribution in [0.4, 0.5) is 5.69 Å². The molecule has 3 heteroatoms. The molecule has 0 atom stereocenters. The molecule has 0 saturated carbocycles. The molecule has 3 nitrogen and oxygen atoms in total. The van der Waals surface area contributed by atoms with Gasteiger partial charge in [0.25, 0.3) is 0 Å². The van der Waals surface area contributed by atoms with Gasteiger partial charge >= 0.3 is 0 Å². The lowest BCUT2D eigenvalue weighted by atomic mass is 10.2. The van der Waals surface area contributed by atoms with Gasteiger partial charge < -0.3 is 10.2 Å². The average molecular weight is 161 g/mol. The van der Waals surface area contributed by atoms with Crippen molar-refractivity contribution in [3.05, 3.63) is 30.6 Å². The van der Waals surface area contributed by atoms with E-state index in [0.29, 0.717) is 0 Å². The monoisotopic (exact) mass is 161 g/mol. The van der Waals surface area contributed by atoms with E-state index in [1.54, 1.807) is 6.20 Å². The van der Waals surface area contributed by atoms with Crippen LogP contribution in [-0.2, 0) is 0 Å². The molecule has 12 heavy (non-hydrogen) atoms. The first-order chi connectivity index (χ1) is 5.79. The van der Waals surface area contributed by atoms with Crippen molar-refractivity contribution < 1.29 is 0 Å². The molecule has 1 aromatic heterocycles. The molecule has 0 spiro atoms. The third kappa shape index (κ3) is 0.942. The Balaban J connectivity index is 2.49. The molecule has 0 bridgehead atoms. The van der Waals surface area contributed by atoms with Crippen molar-refractivity contribution in [2.75, 3.05) is 19.0 Å². The predicted molar refractivity (Wildman–Crippen MR) is 49.5 cm³/mol. The summed E-state index contributed by atoms with van der Waals surface area (Å²) in [5.74, 6) is 0. The van der Waals surface area contributed by atoms with Gasteiger partial charge in [0.05, 0.1) is 18.1 Å². The van der Waals surface area contributed by atoms with E-state index >= 15 is 0 Å². The second-order valence-corrected chi connectivity index (χ2v) is 2.88.